The lowest BCUT2D eigenvalue weighted by Crippen LogP contribution is -2.06. The van der Waals surface area contributed by atoms with E-state index in [-0.39, 0.29) is 5.69 Å². The minimum Gasteiger partial charge on any atom is -0.477 e. The molecule has 1 heterocycles. The summed E-state index contributed by atoms with van der Waals surface area (Å²) >= 11 is 0. The first-order valence-electron chi connectivity index (χ1n) is 6.03. The van der Waals surface area contributed by atoms with Crippen molar-refractivity contribution < 1.29 is 9.90 Å². The van der Waals surface area contributed by atoms with E-state index in [1.807, 2.05) is 24.3 Å². The highest BCUT2D eigenvalue weighted by Crippen LogP contribution is 2.15. The molecule has 0 spiro atoms. The van der Waals surface area contributed by atoms with Gasteiger partial charge in [0.15, 0.2) is 5.69 Å². The fourth-order valence-electron chi connectivity index (χ4n) is 1.69. The number of benzene rings is 1. The summed E-state index contributed by atoms with van der Waals surface area (Å²) in [5.74, 6) is -0.767. The van der Waals surface area contributed by atoms with Crippen molar-refractivity contribution in [2.45, 2.75) is 20.3 Å². The lowest BCUT2D eigenvalue weighted by Gasteiger charge is -2.07. The average Bonchev–Trinajstić information content (AvgIpc) is 2.39. The summed E-state index contributed by atoms with van der Waals surface area (Å²) in [6.45, 7) is 3.82. The number of aromatic nitrogens is 2. The average molecular weight is 257 g/mol. The molecule has 0 fully saturated rings. The van der Waals surface area contributed by atoms with Crippen LogP contribution in [0.5, 0.6) is 0 Å². The van der Waals surface area contributed by atoms with Crippen molar-refractivity contribution in [1.82, 2.24) is 9.97 Å². The van der Waals surface area contributed by atoms with Crippen LogP contribution in [0.3, 0.4) is 0 Å². The van der Waals surface area contributed by atoms with E-state index < -0.39 is 5.97 Å². The van der Waals surface area contributed by atoms with Crippen molar-refractivity contribution in [2.75, 3.05) is 5.32 Å². The van der Waals surface area contributed by atoms with E-state index in [9.17, 15) is 4.79 Å². The number of hydrogen-bond acceptors (Lipinski definition) is 4. The summed E-state index contributed by atoms with van der Waals surface area (Å²) < 4.78 is 0. The topological polar surface area (TPSA) is 75.1 Å². The fraction of sp³-hybridized carbons (Fsp3) is 0.214. The molecule has 2 aromatic rings. The lowest BCUT2D eigenvalue weighted by molar-refractivity contribution is 0.0690. The van der Waals surface area contributed by atoms with Crippen LogP contribution >= 0.6 is 0 Å². The predicted octanol–water partition coefficient (Wildman–Crippen LogP) is 2.79. The van der Waals surface area contributed by atoms with E-state index in [1.54, 1.807) is 6.92 Å². The van der Waals surface area contributed by atoms with Gasteiger partial charge in [0.05, 0.1) is 0 Å². The summed E-state index contributed by atoms with van der Waals surface area (Å²) in [7, 11) is 0. The van der Waals surface area contributed by atoms with Crippen LogP contribution in [0.15, 0.2) is 30.3 Å². The van der Waals surface area contributed by atoms with Gasteiger partial charge >= 0.3 is 5.97 Å². The van der Waals surface area contributed by atoms with Gasteiger partial charge in [-0.2, -0.15) is 0 Å². The minimum atomic E-state index is -1.06. The number of nitrogens with zero attached hydrogens (tertiary/aromatic N) is 2. The SMILES string of the molecule is CCc1ccc(Nc2nc(C)cc(C(=O)O)n2)cc1. The Balaban J connectivity index is 2.24. The monoisotopic (exact) mass is 257 g/mol. The number of nitrogens with one attached hydrogen (secondary N) is 1. The molecular weight excluding hydrogens is 242 g/mol. The Kier molecular flexibility index (Phi) is 3.75. The number of anilines is 2. The van der Waals surface area contributed by atoms with E-state index in [4.69, 9.17) is 5.11 Å². The van der Waals surface area contributed by atoms with Crippen LogP contribution in [0, 0.1) is 6.92 Å². The molecule has 2 rings (SSSR count). The molecule has 5 heteroatoms. The van der Waals surface area contributed by atoms with Crippen molar-refractivity contribution in [3.8, 4) is 0 Å². The van der Waals surface area contributed by atoms with Gasteiger partial charge in [-0.25, -0.2) is 14.8 Å². The maximum absolute atomic E-state index is 10.9. The molecule has 19 heavy (non-hydrogen) atoms. The van der Waals surface area contributed by atoms with Gasteiger partial charge in [-0.1, -0.05) is 19.1 Å². The van der Waals surface area contributed by atoms with Gasteiger partial charge in [0.25, 0.3) is 0 Å². The van der Waals surface area contributed by atoms with Gasteiger partial charge in [0.2, 0.25) is 5.95 Å². The molecule has 98 valence electrons. The highest BCUT2D eigenvalue weighted by atomic mass is 16.4. The molecule has 0 aliphatic heterocycles. The lowest BCUT2D eigenvalue weighted by atomic mass is 10.1. The van der Waals surface area contributed by atoms with Crippen molar-refractivity contribution in [2.24, 2.45) is 0 Å². The summed E-state index contributed by atoms with van der Waals surface area (Å²) in [6.07, 6.45) is 0.977. The van der Waals surface area contributed by atoms with Gasteiger partial charge < -0.3 is 10.4 Å². The number of aromatic carboxylic acids is 1. The zero-order chi connectivity index (χ0) is 13.8. The molecule has 0 atom stereocenters. The molecule has 0 saturated carbocycles. The Hall–Kier alpha value is -2.43. The van der Waals surface area contributed by atoms with E-state index in [1.165, 1.54) is 11.6 Å². The number of carboxylic acids is 1. The number of hydrogen-bond donors (Lipinski definition) is 2. The van der Waals surface area contributed by atoms with E-state index in [0.29, 0.717) is 11.6 Å². The molecule has 0 bridgehead atoms. The third kappa shape index (κ3) is 3.28. The summed E-state index contributed by atoms with van der Waals surface area (Å²) in [4.78, 5) is 19.0. The molecule has 2 N–H and O–H groups in total. The maximum Gasteiger partial charge on any atom is 0.354 e. The van der Waals surface area contributed by atoms with Crippen LogP contribution in [0.4, 0.5) is 11.6 Å². The van der Waals surface area contributed by atoms with Crippen LogP contribution in [-0.2, 0) is 6.42 Å². The first kappa shape index (κ1) is 13.0. The Morgan fingerprint density at radius 3 is 2.53 bits per heavy atom. The molecule has 1 aromatic carbocycles. The minimum absolute atomic E-state index is 0.0137. The maximum atomic E-state index is 10.9. The molecule has 0 aliphatic carbocycles. The van der Waals surface area contributed by atoms with Crippen molar-refractivity contribution in [3.05, 3.63) is 47.3 Å². The standard InChI is InChI=1S/C14H15N3O2/c1-3-10-4-6-11(7-5-10)16-14-15-9(2)8-12(17-14)13(18)19/h4-8H,3H2,1-2H3,(H,18,19)(H,15,16,17). The first-order valence-corrected chi connectivity index (χ1v) is 6.03. The Bertz CT molecular complexity index is 594. The highest BCUT2D eigenvalue weighted by Gasteiger charge is 2.08. The van der Waals surface area contributed by atoms with Crippen LogP contribution in [0.1, 0.15) is 28.7 Å². The van der Waals surface area contributed by atoms with Gasteiger partial charge in [-0.15, -0.1) is 0 Å². The summed E-state index contributed by atoms with van der Waals surface area (Å²) in [6, 6.07) is 9.30. The second-order valence-corrected chi connectivity index (χ2v) is 4.20. The highest BCUT2D eigenvalue weighted by molar-refractivity contribution is 5.85. The molecule has 0 aliphatic rings. The largest absolute Gasteiger partial charge is 0.477 e. The van der Waals surface area contributed by atoms with Crippen LogP contribution in [-0.4, -0.2) is 21.0 Å². The second-order valence-electron chi connectivity index (χ2n) is 4.20. The third-order valence-corrected chi connectivity index (χ3v) is 2.69. The number of rotatable bonds is 4. The number of aryl methyl sites for hydroxylation is 2. The zero-order valence-corrected chi connectivity index (χ0v) is 10.8. The van der Waals surface area contributed by atoms with Gasteiger partial charge in [0.1, 0.15) is 0 Å². The van der Waals surface area contributed by atoms with E-state index >= 15 is 0 Å². The van der Waals surface area contributed by atoms with Crippen LogP contribution in [0.25, 0.3) is 0 Å². The van der Waals surface area contributed by atoms with Crippen molar-refractivity contribution in [1.29, 1.82) is 0 Å². The Morgan fingerprint density at radius 1 is 1.26 bits per heavy atom. The number of carboxylic acid groups (broad SMARTS) is 1. The molecule has 0 amide bonds. The van der Waals surface area contributed by atoms with Crippen LogP contribution in [0.2, 0.25) is 0 Å². The second kappa shape index (κ2) is 5.48. The van der Waals surface area contributed by atoms with Gasteiger partial charge in [0, 0.05) is 11.4 Å². The van der Waals surface area contributed by atoms with Crippen molar-refractivity contribution in [3.63, 3.8) is 0 Å². The van der Waals surface area contributed by atoms with E-state index in [2.05, 4.69) is 22.2 Å². The summed E-state index contributed by atoms with van der Waals surface area (Å²) in [5.41, 5.74) is 2.67. The molecule has 0 radical (unpaired) electrons. The predicted molar refractivity (Wildman–Crippen MR) is 72.8 cm³/mol. The quantitative estimate of drug-likeness (QED) is 0.880. The summed E-state index contributed by atoms with van der Waals surface area (Å²) in [5, 5.41) is 12.0. The zero-order valence-electron chi connectivity index (χ0n) is 10.8. The fourth-order valence-corrected chi connectivity index (χ4v) is 1.69. The normalized spacial score (nSPS) is 10.2. The smallest absolute Gasteiger partial charge is 0.354 e. The third-order valence-electron chi connectivity index (χ3n) is 2.69. The molecule has 5 nitrogen and oxygen atoms in total. The molecule has 0 unspecified atom stereocenters. The molecule has 0 saturated heterocycles. The van der Waals surface area contributed by atoms with Gasteiger partial charge in [-0.05, 0) is 37.1 Å². The Morgan fingerprint density at radius 2 is 1.95 bits per heavy atom. The molecule has 1 aromatic heterocycles. The van der Waals surface area contributed by atoms with Crippen LogP contribution < -0.4 is 5.32 Å². The van der Waals surface area contributed by atoms with Gasteiger partial charge in [-0.3, -0.25) is 0 Å². The van der Waals surface area contributed by atoms with Crippen molar-refractivity contribution >= 4 is 17.6 Å². The number of carbonyl (C=O) groups is 1. The Labute approximate surface area is 111 Å². The molecular formula is C14H15N3O2. The van der Waals surface area contributed by atoms with E-state index in [0.717, 1.165) is 12.1 Å². The first-order chi connectivity index (χ1) is 9.08.